The molecule has 0 fully saturated rings. The highest BCUT2D eigenvalue weighted by Crippen LogP contribution is 2.20. The summed E-state index contributed by atoms with van der Waals surface area (Å²) in [5.74, 6) is 0.273. The third kappa shape index (κ3) is 4.16. The standard InChI is InChI=1S/C21H16N6O/c28-20(16-4-2-11-23-14-16)25-17-5-7-18(8-6-17)26-21-24-12-9-19(27-21)15-3-1-10-22-13-15/h1-14H,(H,25,28)(H,24,26,27). The first-order valence-electron chi connectivity index (χ1n) is 8.60. The van der Waals surface area contributed by atoms with Crippen LogP contribution in [0.2, 0.25) is 0 Å². The summed E-state index contributed by atoms with van der Waals surface area (Å²) >= 11 is 0. The number of benzene rings is 1. The smallest absolute Gasteiger partial charge is 0.257 e. The minimum Gasteiger partial charge on any atom is -0.324 e. The molecule has 0 aliphatic carbocycles. The van der Waals surface area contributed by atoms with E-state index in [0.29, 0.717) is 17.2 Å². The zero-order valence-electron chi connectivity index (χ0n) is 14.8. The normalized spacial score (nSPS) is 10.3. The minimum absolute atomic E-state index is 0.207. The summed E-state index contributed by atoms with van der Waals surface area (Å²) in [5.41, 5.74) is 3.70. The van der Waals surface area contributed by atoms with Gasteiger partial charge < -0.3 is 10.6 Å². The zero-order chi connectivity index (χ0) is 19.2. The number of amides is 1. The van der Waals surface area contributed by atoms with Crippen LogP contribution in [0.3, 0.4) is 0 Å². The van der Waals surface area contributed by atoms with Gasteiger partial charge in [-0.15, -0.1) is 0 Å². The van der Waals surface area contributed by atoms with E-state index >= 15 is 0 Å². The number of rotatable bonds is 5. The number of hydrogen-bond acceptors (Lipinski definition) is 6. The van der Waals surface area contributed by atoms with Crippen molar-refractivity contribution in [1.29, 1.82) is 0 Å². The highest BCUT2D eigenvalue weighted by atomic mass is 16.1. The molecule has 4 aromatic rings. The molecule has 0 aliphatic heterocycles. The number of pyridine rings is 2. The van der Waals surface area contributed by atoms with Crippen molar-refractivity contribution < 1.29 is 4.79 Å². The fourth-order valence-electron chi connectivity index (χ4n) is 2.56. The first-order valence-corrected chi connectivity index (χ1v) is 8.60. The molecule has 0 bridgehead atoms. The van der Waals surface area contributed by atoms with E-state index in [1.165, 1.54) is 6.20 Å². The van der Waals surface area contributed by atoms with E-state index in [2.05, 4.69) is 30.6 Å². The van der Waals surface area contributed by atoms with Crippen LogP contribution in [0.1, 0.15) is 10.4 Å². The Kier molecular flexibility index (Phi) is 4.97. The second-order valence-corrected chi connectivity index (χ2v) is 5.91. The maximum absolute atomic E-state index is 12.2. The lowest BCUT2D eigenvalue weighted by molar-refractivity contribution is 0.102. The molecule has 0 atom stereocenters. The second kappa shape index (κ2) is 8.05. The molecule has 0 aliphatic rings. The molecule has 0 saturated carbocycles. The lowest BCUT2D eigenvalue weighted by Gasteiger charge is -2.08. The fourth-order valence-corrected chi connectivity index (χ4v) is 2.56. The monoisotopic (exact) mass is 368 g/mol. The SMILES string of the molecule is O=C(Nc1ccc(Nc2nccc(-c3cccnc3)n2)cc1)c1cccnc1. The predicted octanol–water partition coefficient (Wildman–Crippen LogP) is 3.93. The fraction of sp³-hybridized carbons (Fsp3) is 0. The van der Waals surface area contributed by atoms with Crippen molar-refractivity contribution in [3.63, 3.8) is 0 Å². The van der Waals surface area contributed by atoms with Crippen LogP contribution in [0.15, 0.2) is 85.6 Å². The van der Waals surface area contributed by atoms with Crippen molar-refractivity contribution in [1.82, 2.24) is 19.9 Å². The van der Waals surface area contributed by atoms with Gasteiger partial charge >= 0.3 is 0 Å². The maximum atomic E-state index is 12.2. The number of carbonyl (C=O) groups excluding carboxylic acids is 1. The Bertz CT molecular complexity index is 1070. The molecular weight excluding hydrogens is 352 g/mol. The predicted molar refractivity (Wildman–Crippen MR) is 107 cm³/mol. The van der Waals surface area contributed by atoms with Crippen molar-refractivity contribution >= 4 is 23.2 Å². The van der Waals surface area contributed by atoms with Gasteiger partial charge in [0.05, 0.1) is 11.3 Å². The lowest BCUT2D eigenvalue weighted by atomic mass is 10.2. The van der Waals surface area contributed by atoms with Gasteiger partial charge in [-0.1, -0.05) is 0 Å². The Labute approximate surface area is 161 Å². The average molecular weight is 368 g/mol. The van der Waals surface area contributed by atoms with Gasteiger partial charge in [0, 0.05) is 47.9 Å². The zero-order valence-corrected chi connectivity index (χ0v) is 14.8. The largest absolute Gasteiger partial charge is 0.324 e. The van der Waals surface area contributed by atoms with Crippen molar-refractivity contribution in [2.24, 2.45) is 0 Å². The Morgan fingerprint density at radius 2 is 1.54 bits per heavy atom. The molecule has 3 aromatic heterocycles. The summed E-state index contributed by atoms with van der Waals surface area (Å²) < 4.78 is 0. The molecule has 0 saturated heterocycles. The van der Waals surface area contributed by atoms with Crippen molar-refractivity contribution in [2.75, 3.05) is 10.6 Å². The van der Waals surface area contributed by atoms with Gasteiger partial charge in [0.2, 0.25) is 5.95 Å². The molecule has 136 valence electrons. The van der Waals surface area contributed by atoms with Crippen molar-refractivity contribution in [3.05, 3.63) is 91.1 Å². The summed E-state index contributed by atoms with van der Waals surface area (Å²) in [5, 5.41) is 6.00. The number of aromatic nitrogens is 4. The molecular formula is C21H16N6O. The average Bonchev–Trinajstić information content (AvgIpc) is 2.76. The van der Waals surface area contributed by atoms with Gasteiger partial charge in [-0.05, 0) is 54.6 Å². The molecule has 4 rings (SSSR count). The molecule has 28 heavy (non-hydrogen) atoms. The number of nitrogens with zero attached hydrogens (tertiary/aromatic N) is 4. The van der Waals surface area contributed by atoms with Gasteiger partial charge in [0.1, 0.15) is 0 Å². The van der Waals surface area contributed by atoms with E-state index in [9.17, 15) is 4.79 Å². The molecule has 0 spiro atoms. The Balaban J connectivity index is 1.44. The van der Waals surface area contributed by atoms with Crippen molar-refractivity contribution in [2.45, 2.75) is 0 Å². The van der Waals surface area contributed by atoms with Gasteiger partial charge in [-0.25, -0.2) is 9.97 Å². The van der Waals surface area contributed by atoms with Crippen LogP contribution >= 0.6 is 0 Å². The molecule has 2 N–H and O–H groups in total. The van der Waals surface area contributed by atoms with Gasteiger partial charge in [0.15, 0.2) is 0 Å². The van der Waals surface area contributed by atoms with Crippen LogP contribution in [-0.2, 0) is 0 Å². The number of hydrogen-bond donors (Lipinski definition) is 2. The molecule has 1 amide bonds. The van der Waals surface area contributed by atoms with Gasteiger partial charge in [-0.3, -0.25) is 14.8 Å². The second-order valence-electron chi connectivity index (χ2n) is 5.91. The quantitative estimate of drug-likeness (QED) is 0.554. The first kappa shape index (κ1) is 17.3. The molecule has 7 heteroatoms. The first-order chi connectivity index (χ1) is 13.8. The van der Waals surface area contributed by atoms with E-state index in [1.807, 2.05) is 42.5 Å². The van der Waals surface area contributed by atoms with Crippen LogP contribution in [-0.4, -0.2) is 25.8 Å². The molecule has 0 radical (unpaired) electrons. The lowest BCUT2D eigenvalue weighted by Crippen LogP contribution is -2.11. The summed E-state index contributed by atoms with van der Waals surface area (Å²) in [7, 11) is 0. The van der Waals surface area contributed by atoms with E-state index in [1.54, 1.807) is 36.9 Å². The van der Waals surface area contributed by atoms with Crippen LogP contribution in [0.5, 0.6) is 0 Å². The molecule has 0 unspecified atom stereocenters. The number of anilines is 3. The maximum Gasteiger partial charge on any atom is 0.257 e. The van der Waals surface area contributed by atoms with Crippen LogP contribution < -0.4 is 10.6 Å². The summed E-state index contributed by atoms with van der Waals surface area (Å²) in [6.07, 6.45) is 8.32. The Morgan fingerprint density at radius 1 is 0.786 bits per heavy atom. The highest BCUT2D eigenvalue weighted by Gasteiger charge is 2.06. The van der Waals surface area contributed by atoms with Gasteiger partial charge in [-0.2, -0.15) is 0 Å². The third-order valence-electron chi connectivity index (χ3n) is 3.94. The van der Waals surface area contributed by atoms with Gasteiger partial charge in [0.25, 0.3) is 5.91 Å². The van der Waals surface area contributed by atoms with Crippen LogP contribution in [0.25, 0.3) is 11.3 Å². The topological polar surface area (TPSA) is 92.7 Å². The minimum atomic E-state index is -0.207. The Morgan fingerprint density at radius 3 is 2.25 bits per heavy atom. The summed E-state index contributed by atoms with van der Waals surface area (Å²) in [4.78, 5) is 29.0. The van der Waals surface area contributed by atoms with E-state index < -0.39 is 0 Å². The Hall–Kier alpha value is -4.13. The third-order valence-corrected chi connectivity index (χ3v) is 3.94. The van der Waals surface area contributed by atoms with Crippen LogP contribution in [0, 0.1) is 0 Å². The molecule has 1 aromatic carbocycles. The highest BCUT2D eigenvalue weighted by molar-refractivity contribution is 6.04. The number of carbonyl (C=O) groups is 1. The number of nitrogens with one attached hydrogen (secondary N) is 2. The summed E-state index contributed by atoms with van der Waals surface area (Å²) in [6, 6.07) is 16.4. The summed E-state index contributed by atoms with van der Waals surface area (Å²) in [6.45, 7) is 0. The molecule has 3 heterocycles. The van der Waals surface area contributed by atoms with E-state index in [4.69, 9.17) is 0 Å². The molecule has 7 nitrogen and oxygen atoms in total. The van der Waals surface area contributed by atoms with Crippen molar-refractivity contribution in [3.8, 4) is 11.3 Å². The van der Waals surface area contributed by atoms with Crippen LogP contribution in [0.4, 0.5) is 17.3 Å². The van der Waals surface area contributed by atoms with E-state index in [0.717, 1.165) is 16.9 Å². The van der Waals surface area contributed by atoms with E-state index in [-0.39, 0.29) is 5.91 Å².